The first kappa shape index (κ1) is 10.8. The quantitative estimate of drug-likeness (QED) is 0.769. The highest BCUT2D eigenvalue weighted by atomic mass is 16.1. The summed E-state index contributed by atoms with van der Waals surface area (Å²) >= 11 is 0. The van der Waals surface area contributed by atoms with Crippen LogP contribution in [0.1, 0.15) is 24.8 Å². The number of hydrogen-bond acceptors (Lipinski definition) is 2. The fourth-order valence-electron chi connectivity index (χ4n) is 3.19. The van der Waals surface area contributed by atoms with Gasteiger partial charge < -0.3 is 5.32 Å². The SMILES string of the molecule is O=C1CCCC2=C1Cc1ccc3ccccc3c1N2. The van der Waals surface area contributed by atoms with Crippen LogP contribution in [-0.4, -0.2) is 5.78 Å². The summed E-state index contributed by atoms with van der Waals surface area (Å²) < 4.78 is 0. The number of anilines is 1. The number of hydrogen-bond donors (Lipinski definition) is 1. The van der Waals surface area contributed by atoms with Gasteiger partial charge in [-0.05, 0) is 23.8 Å². The van der Waals surface area contributed by atoms with Gasteiger partial charge in [-0.3, -0.25) is 4.79 Å². The van der Waals surface area contributed by atoms with Gasteiger partial charge in [0.2, 0.25) is 0 Å². The Labute approximate surface area is 112 Å². The van der Waals surface area contributed by atoms with Gasteiger partial charge in [0.05, 0.1) is 0 Å². The van der Waals surface area contributed by atoms with Gasteiger partial charge in [0.15, 0.2) is 5.78 Å². The van der Waals surface area contributed by atoms with E-state index in [0.717, 1.165) is 30.5 Å². The van der Waals surface area contributed by atoms with Crippen LogP contribution in [0.25, 0.3) is 10.8 Å². The van der Waals surface area contributed by atoms with Gasteiger partial charge in [-0.15, -0.1) is 0 Å². The molecule has 1 aliphatic carbocycles. The van der Waals surface area contributed by atoms with Crippen LogP contribution in [-0.2, 0) is 11.2 Å². The van der Waals surface area contributed by atoms with Gasteiger partial charge in [-0.1, -0.05) is 36.4 Å². The van der Waals surface area contributed by atoms with Crippen molar-refractivity contribution in [2.45, 2.75) is 25.7 Å². The van der Waals surface area contributed by atoms with E-state index in [4.69, 9.17) is 0 Å². The zero-order valence-electron chi connectivity index (χ0n) is 10.7. The highest BCUT2D eigenvalue weighted by molar-refractivity contribution is 6.02. The van der Waals surface area contributed by atoms with Crippen molar-refractivity contribution >= 4 is 22.2 Å². The van der Waals surface area contributed by atoms with E-state index in [1.165, 1.54) is 22.0 Å². The molecule has 1 N–H and O–H groups in total. The Bertz CT molecular complexity index is 727. The molecule has 4 rings (SSSR count). The third-order valence-electron chi connectivity index (χ3n) is 4.19. The maximum absolute atomic E-state index is 12.0. The summed E-state index contributed by atoms with van der Waals surface area (Å²) in [5.41, 5.74) is 4.60. The summed E-state index contributed by atoms with van der Waals surface area (Å²) in [5.74, 6) is 0.326. The first-order chi connectivity index (χ1) is 9.33. The molecular formula is C17H15NO. The maximum atomic E-state index is 12.0. The lowest BCUT2D eigenvalue weighted by molar-refractivity contribution is -0.116. The summed E-state index contributed by atoms with van der Waals surface area (Å²) in [6, 6.07) is 12.7. The normalized spacial score (nSPS) is 18.0. The van der Waals surface area contributed by atoms with E-state index in [-0.39, 0.29) is 0 Å². The molecule has 0 fully saturated rings. The second-order valence-corrected chi connectivity index (χ2v) is 5.36. The molecule has 2 aliphatic rings. The average Bonchev–Trinajstić information content (AvgIpc) is 2.46. The van der Waals surface area contributed by atoms with Crippen molar-refractivity contribution in [1.82, 2.24) is 0 Å². The van der Waals surface area contributed by atoms with Gasteiger partial charge in [0.25, 0.3) is 0 Å². The van der Waals surface area contributed by atoms with E-state index in [9.17, 15) is 4.79 Å². The second kappa shape index (κ2) is 3.95. The van der Waals surface area contributed by atoms with Crippen LogP contribution in [0, 0.1) is 0 Å². The summed E-state index contributed by atoms with van der Waals surface area (Å²) in [6.07, 6.45) is 3.49. The molecule has 2 nitrogen and oxygen atoms in total. The topological polar surface area (TPSA) is 29.1 Å². The summed E-state index contributed by atoms with van der Waals surface area (Å²) in [4.78, 5) is 12.0. The van der Waals surface area contributed by atoms with E-state index in [1.54, 1.807) is 0 Å². The predicted octanol–water partition coefficient (Wildman–Crippen LogP) is 3.81. The molecule has 0 spiro atoms. The van der Waals surface area contributed by atoms with Crippen LogP contribution in [0.5, 0.6) is 0 Å². The number of carbonyl (C=O) groups is 1. The number of nitrogens with one attached hydrogen (secondary N) is 1. The van der Waals surface area contributed by atoms with Crippen molar-refractivity contribution in [3.05, 3.63) is 53.2 Å². The standard InChI is InChI=1S/C17H15NO/c19-16-7-3-6-15-14(16)10-12-9-8-11-4-1-2-5-13(11)17(12)18-15/h1-2,4-5,8-9,18H,3,6-7,10H2. The Kier molecular flexibility index (Phi) is 2.25. The van der Waals surface area contributed by atoms with Crippen LogP contribution in [0.15, 0.2) is 47.7 Å². The molecule has 2 aromatic carbocycles. The Morgan fingerprint density at radius 3 is 2.84 bits per heavy atom. The first-order valence-electron chi connectivity index (χ1n) is 6.86. The van der Waals surface area contributed by atoms with Crippen molar-refractivity contribution in [3.63, 3.8) is 0 Å². The Balaban J connectivity index is 1.90. The molecule has 0 radical (unpaired) electrons. The molecule has 19 heavy (non-hydrogen) atoms. The van der Waals surface area contributed by atoms with E-state index < -0.39 is 0 Å². The predicted molar refractivity (Wildman–Crippen MR) is 77.2 cm³/mol. The number of rotatable bonds is 0. The third-order valence-corrected chi connectivity index (χ3v) is 4.19. The highest BCUT2D eigenvalue weighted by Gasteiger charge is 2.26. The molecule has 94 valence electrons. The number of Topliss-reactive ketones (excluding diaryl/α,β-unsaturated/α-hetero) is 1. The minimum Gasteiger partial charge on any atom is -0.358 e. The van der Waals surface area contributed by atoms with Crippen LogP contribution in [0.2, 0.25) is 0 Å². The fourth-order valence-corrected chi connectivity index (χ4v) is 3.19. The Hall–Kier alpha value is -2.09. The molecule has 0 saturated carbocycles. The van der Waals surface area contributed by atoms with Gasteiger partial charge in [0, 0.05) is 35.2 Å². The Morgan fingerprint density at radius 2 is 1.89 bits per heavy atom. The van der Waals surface area contributed by atoms with Gasteiger partial charge in [-0.2, -0.15) is 0 Å². The molecule has 0 amide bonds. The zero-order chi connectivity index (χ0) is 12.8. The van der Waals surface area contributed by atoms with Crippen molar-refractivity contribution in [3.8, 4) is 0 Å². The monoisotopic (exact) mass is 249 g/mol. The van der Waals surface area contributed by atoms with Crippen LogP contribution in [0.3, 0.4) is 0 Å². The number of fused-ring (bicyclic) bond motifs is 3. The first-order valence-corrected chi connectivity index (χ1v) is 6.86. The molecule has 0 bridgehead atoms. The average molecular weight is 249 g/mol. The molecule has 1 heterocycles. The van der Waals surface area contributed by atoms with Crippen LogP contribution < -0.4 is 5.32 Å². The Morgan fingerprint density at radius 1 is 1.00 bits per heavy atom. The van der Waals surface area contributed by atoms with E-state index in [0.29, 0.717) is 12.2 Å². The highest BCUT2D eigenvalue weighted by Crippen LogP contribution is 2.37. The molecular weight excluding hydrogens is 234 g/mol. The van der Waals surface area contributed by atoms with E-state index >= 15 is 0 Å². The summed E-state index contributed by atoms with van der Waals surface area (Å²) in [7, 11) is 0. The molecule has 2 aromatic rings. The number of ketones is 1. The third kappa shape index (κ3) is 1.60. The lowest BCUT2D eigenvalue weighted by atomic mass is 9.86. The van der Waals surface area contributed by atoms with Crippen LogP contribution in [0.4, 0.5) is 5.69 Å². The number of carbonyl (C=O) groups excluding carboxylic acids is 1. The molecule has 0 saturated heterocycles. The van der Waals surface area contributed by atoms with Crippen molar-refractivity contribution in [1.29, 1.82) is 0 Å². The van der Waals surface area contributed by atoms with Crippen molar-refractivity contribution < 1.29 is 4.79 Å². The van der Waals surface area contributed by atoms with Gasteiger partial charge in [-0.25, -0.2) is 0 Å². The summed E-state index contributed by atoms with van der Waals surface area (Å²) in [5, 5.41) is 6.04. The van der Waals surface area contributed by atoms with Gasteiger partial charge >= 0.3 is 0 Å². The molecule has 1 aliphatic heterocycles. The smallest absolute Gasteiger partial charge is 0.160 e. The zero-order valence-corrected chi connectivity index (χ0v) is 10.7. The minimum absolute atomic E-state index is 0.326. The largest absolute Gasteiger partial charge is 0.358 e. The minimum atomic E-state index is 0.326. The number of benzene rings is 2. The molecule has 2 heteroatoms. The lowest BCUT2D eigenvalue weighted by Gasteiger charge is -2.28. The van der Waals surface area contributed by atoms with E-state index in [2.05, 4.69) is 41.7 Å². The molecule has 0 atom stereocenters. The van der Waals surface area contributed by atoms with Crippen molar-refractivity contribution in [2.24, 2.45) is 0 Å². The second-order valence-electron chi connectivity index (χ2n) is 5.36. The lowest BCUT2D eigenvalue weighted by Crippen LogP contribution is -2.22. The maximum Gasteiger partial charge on any atom is 0.160 e. The number of allylic oxidation sites excluding steroid dienone is 2. The van der Waals surface area contributed by atoms with Crippen LogP contribution >= 0.6 is 0 Å². The van der Waals surface area contributed by atoms with Crippen molar-refractivity contribution in [2.75, 3.05) is 5.32 Å². The molecule has 0 aromatic heterocycles. The fraction of sp³-hybridized carbons (Fsp3) is 0.235. The van der Waals surface area contributed by atoms with E-state index in [1.807, 2.05) is 0 Å². The van der Waals surface area contributed by atoms with Gasteiger partial charge in [0.1, 0.15) is 0 Å². The molecule has 0 unspecified atom stereocenters. The summed E-state index contributed by atoms with van der Waals surface area (Å²) in [6.45, 7) is 0.